The third kappa shape index (κ3) is 3.82. The van der Waals surface area contributed by atoms with Crippen LogP contribution in [0.3, 0.4) is 0 Å². The summed E-state index contributed by atoms with van der Waals surface area (Å²) < 4.78 is 39.8. The van der Waals surface area contributed by atoms with Gasteiger partial charge >= 0.3 is 0 Å². The fourth-order valence-corrected chi connectivity index (χ4v) is 5.48. The van der Waals surface area contributed by atoms with Gasteiger partial charge in [0.25, 0.3) is 0 Å². The summed E-state index contributed by atoms with van der Waals surface area (Å²) in [4.78, 5) is 12.7. The van der Waals surface area contributed by atoms with Crippen molar-refractivity contribution in [1.29, 1.82) is 0 Å². The van der Waals surface area contributed by atoms with Crippen LogP contribution in [0.15, 0.2) is 47.4 Å². The molecule has 1 heterocycles. The molecular formula is C21H23FN2O3S. The number of piperidine rings is 1. The van der Waals surface area contributed by atoms with Gasteiger partial charge in [0.1, 0.15) is 5.82 Å². The van der Waals surface area contributed by atoms with Gasteiger partial charge in [-0.1, -0.05) is 6.07 Å². The molecule has 1 amide bonds. The Hall–Kier alpha value is -2.25. The van der Waals surface area contributed by atoms with Gasteiger partial charge in [-0.05, 0) is 79.6 Å². The maximum absolute atomic E-state index is 13.1. The molecule has 1 aliphatic heterocycles. The molecule has 4 rings (SSSR count). The zero-order chi connectivity index (χ0) is 19.7. The first-order valence-corrected chi connectivity index (χ1v) is 11.1. The van der Waals surface area contributed by atoms with Crippen LogP contribution in [0.4, 0.5) is 10.1 Å². The van der Waals surface area contributed by atoms with Gasteiger partial charge in [0.15, 0.2) is 0 Å². The summed E-state index contributed by atoms with van der Waals surface area (Å²) in [6.45, 7) is 0.559. The monoisotopic (exact) mass is 402 g/mol. The van der Waals surface area contributed by atoms with Crippen LogP contribution in [0.5, 0.6) is 0 Å². The van der Waals surface area contributed by atoms with Crippen LogP contribution in [0.1, 0.15) is 30.4 Å². The molecule has 28 heavy (non-hydrogen) atoms. The molecule has 0 radical (unpaired) electrons. The normalized spacial score (nSPS) is 18.0. The second kappa shape index (κ2) is 7.64. The number of nitrogens with one attached hydrogen (secondary N) is 1. The van der Waals surface area contributed by atoms with Crippen molar-refractivity contribution < 1.29 is 17.6 Å². The average Bonchev–Trinajstić information content (AvgIpc) is 3.16. The van der Waals surface area contributed by atoms with Gasteiger partial charge in [-0.25, -0.2) is 12.8 Å². The van der Waals surface area contributed by atoms with Crippen molar-refractivity contribution in [1.82, 2.24) is 4.31 Å². The van der Waals surface area contributed by atoms with E-state index in [0.717, 1.165) is 37.1 Å². The van der Waals surface area contributed by atoms with E-state index in [1.807, 2.05) is 12.1 Å². The summed E-state index contributed by atoms with van der Waals surface area (Å²) >= 11 is 0. The average molecular weight is 402 g/mol. The lowest BCUT2D eigenvalue weighted by molar-refractivity contribution is -0.120. The fraction of sp³-hybridized carbons (Fsp3) is 0.381. The number of aryl methyl sites for hydroxylation is 2. The van der Waals surface area contributed by atoms with Crippen molar-refractivity contribution in [2.75, 3.05) is 18.4 Å². The quantitative estimate of drug-likeness (QED) is 0.853. The zero-order valence-corrected chi connectivity index (χ0v) is 16.3. The summed E-state index contributed by atoms with van der Waals surface area (Å²) in [5, 5.41) is 2.98. The Morgan fingerprint density at radius 3 is 2.39 bits per heavy atom. The summed E-state index contributed by atoms with van der Waals surface area (Å²) in [6.07, 6.45) is 4.26. The van der Waals surface area contributed by atoms with Gasteiger partial charge in [0.05, 0.1) is 4.90 Å². The molecule has 0 unspecified atom stereocenters. The number of hydrogen-bond acceptors (Lipinski definition) is 3. The molecule has 1 aliphatic carbocycles. The van der Waals surface area contributed by atoms with Crippen LogP contribution in [-0.2, 0) is 27.7 Å². The summed E-state index contributed by atoms with van der Waals surface area (Å²) in [7, 11) is -3.66. The smallest absolute Gasteiger partial charge is 0.243 e. The van der Waals surface area contributed by atoms with Gasteiger partial charge in [-0.2, -0.15) is 4.31 Å². The van der Waals surface area contributed by atoms with Crippen LogP contribution in [0.2, 0.25) is 0 Å². The molecule has 0 saturated carbocycles. The number of benzene rings is 2. The molecule has 2 aromatic rings. The number of amides is 1. The van der Waals surface area contributed by atoms with Crippen molar-refractivity contribution in [3.8, 4) is 0 Å². The largest absolute Gasteiger partial charge is 0.326 e. The third-order valence-corrected chi connectivity index (χ3v) is 7.56. The molecule has 2 aromatic carbocycles. The number of halogens is 1. The first-order chi connectivity index (χ1) is 13.4. The number of anilines is 1. The Morgan fingerprint density at radius 2 is 1.68 bits per heavy atom. The Labute approximate surface area is 164 Å². The molecule has 0 bridgehead atoms. The number of nitrogens with zero attached hydrogens (tertiary/aromatic N) is 1. The third-order valence-electron chi connectivity index (χ3n) is 5.64. The topological polar surface area (TPSA) is 66.5 Å². The number of carbonyl (C=O) groups is 1. The highest BCUT2D eigenvalue weighted by Gasteiger charge is 2.32. The lowest BCUT2D eigenvalue weighted by Crippen LogP contribution is -2.41. The second-order valence-electron chi connectivity index (χ2n) is 7.46. The minimum Gasteiger partial charge on any atom is -0.326 e. The molecule has 0 spiro atoms. The molecule has 1 saturated heterocycles. The highest BCUT2D eigenvalue weighted by Crippen LogP contribution is 2.27. The molecule has 2 aliphatic rings. The SMILES string of the molecule is O=C(Nc1ccc2c(c1)CCC2)C1CCN(S(=O)(=O)c2ccc(F)cc2)CC1. The lowest BCUT2D eigenvalue weighted by atomic mass is 9.97. The van der Waals surface area contributed by atoms with Gasteiger partial charge in [-0.15, -0.1) is 0 Å². The minimum absolute atomic E-state index is 0.0585. The van der Waals surface area contributed by atoms with E-state index in [9.17, 15) is 17.6 Å². The van der Waals surface area contributed by atoms with Gasteiger partial charge in [0, 0.05) is 24.7 Å². The molecule has 0 aromatic heterocycles. The Kier molecular flexibility index (Phi) is 5.21. The summed E-state index contributed by atoms with van der Waals surface area (Å²) in [5.41, 5.74) is 3.47. The molecule has 7 heteroatoms. The molecular weight excluding hydrogens is 379 g/mol. The standard InChI is InChI=1S/C21H23FN2O3S/c22-18-5-8-20(9-6-18)28(26,27)24-12-10-16(11-13-24)21(25)23-19-7-4-15-2-1-3-17(15)14-19/h4-9,14,16H,1-3,10-13H2,(H,23,25). The van der Waals surface area contributed by atoms with Gasteiger partial charge in [-0.3, -0.25) is 4.79 Å². The summed E-state index contributed by atoms with van der Waals surface area (Å²) in [5.74, 6) is -0.745. The van der Waals surface area contributed by atoms with E-state index in [2.05, 4.69) is 11.4 Å². The van der Waals surface area contributed by atoms with E-state index in [0.29, 0.717) is 12.8 Å². The van der Waals surface area contributed by atoms with Crippen LogP contribution < -0.4 is 5.32 Å². The number of sulfonamides is 1. The molecule has 1 N–H and O–H groups in total. The molecule has 1 fully saturated rings. The highest BCUT2D eigenvalue weighted by molar-refractivity contribution is 7.89. The number of hydrogen-bond donors (Lipinski definition) is 1. The van der Waals surface area contributed by atoms with E-state index < -0.39 is 15.8 Å². The van der Waals surface area contributed by atoms with Crippen LogP contribution in [0, 0.1) is 11.7 Å². The van der Waals surface area contributed by atoms with E-state index in [1.165, 1.54) is 27.6 Å². The second-order valence-corrected chi connectivity index (χ2v) is 9.40. The molecule has 5 nitrogen and oxygen atoms in total. The van der Waals surface area contributed by atoms with E-state index in [1.54, 1.807) is 0 Å². The number of carbonyl (C=O) groups excluding carboxylic acids is 1. The molecule has 0 atom stereocenters. The predicted molar refractivity (Wildman–Crippen MR) is 105 cm³/mol. The first kappa shape index (κ1) is 19.1. The van der Waals surface area contributed by atoms with Crippen molar-refractivity contribution in [2.24, 2.45) is 5.92 Å². The van der Waals surface area contributed by atoms with Crippen LogP contribution in [-0.4, -0.2) is 31.7 Å². The van der Waals surface area contributed by atoms with E-state index >= 15 is 0 Å². The first-order valence-electron chi connectivity index (χ1n) is 9.62. The maximum atomic E-state index is 13.1. The van der Waals surface area contributed by atoms with Crippen molar-refractivity contribution >= 4 is 21.6 Å². The Balaban J connectivity index is 1.37. The van der Waals surface area contributed by atoms with Crippen molar-refractivity contribution in [3.63, 3.8) is 0 Å². The Bertz CT molecular complexity index is 981. The van der Waals surface area contributed by atoms with E-state index in [-0.39, 0.29) is 29.8 Å². The number of rotatable bonds is 4. The zero-order valence-electron chi connectivity index (χ0n) is 15.5. The Morgan fingerprint density at radius 1 is 1.00 bits per heavy atom. The lowest BCUT2D eigenvalue weighted by Gasteiger charge is -2.30. The number of fused-ring (bicyclic) bond motifs is 1. The van der Waals surface area contributed by atoms with Crippen LogP contribution in [0.25, 0.3) is 0 Å². The van der Waals surface area contributed by atoms with E-state index in [4.69, 9.17) is 0 Å². The van der Waals surface area contributed by atoms with Gasteiger partial charge in [0.2, 0.25) is 15.9 Å². The molecule has 148 valence electrons. The van der Waals surface area contributed by atoms with Crippen LogP contribution >= 0.6 is 0 Å². The predicted octanol–water partition coefficient (Wildman–Crippen LogP) is 3.35. The fourth-order valence-electron chi connectivity index (χ4n) is 4.01. The van der Waals surface area contributed by atoms with Crippen molar-refractivity contribution in [3.05, 3.63) is 59.4 Å². The highest BCUT2D eigenvalue weighted by atomic mass is 32.2. The summed E-state index contributed by atoms with van der Waals surface area (Å²) in [6, 6.07) is 10.9. The van der Waals surface area contributed by atoms with Crippen molar-refractivity contribution in [2.45, 2.75) is 37.0 Å². The van der Waals surface area contributed by atoms with Gasteiger partial charge < -0.3 is 5.32 Å². The minimum atomic E-state index is -3.66. The maximum Gasteiger partial charge on any atom is 0.243 e.